The summed E-state index contributed by atoms with van der Waals surface area (Å²) >= 11 is 0. The monoisotopic (exact) mass is 553 g/mol. The van der Waals surface area contributed by atoms with Crippen LogP contribution < -0.4 is 16.0 Å². The SMILES string of the molecule is C=CC(=O)N1CCN(C2NC(OC[C@@H]3CCCN3C)NC3C[C@]4(CCCC5CNCCC54)CCC32)C[C@@H]1CC#N. The molecule has 2 aliphatic carbocycles. The summed E-state index contributed by atoms with van der Waals surface area (Å²) in [6, 6.07) is 3.14. The highest BCUT2D eigenvalue weighted by molar-refractivity contribution is 5.87. The third kappa shape index (κ3) is 5.60. The van der Waals surface area contributed by atoms with Gasteiger partial charge < -0.3 is 19.9 Å². The molecule has 222 valence electrons. The van der Waals surface area contributed by atoms with Crippen LogP contribution in [0, 0.1) is 34.5 Å². The summed E-state index contributed by atoms with van der Waals surface area (Å²) in [5.74, 6) is 2.11. The number of hydrogen-bond donors (Lipinski definition) is 3. The maximum atomic E-state index is 12.6. The summed E-state index contributed by atoms with van der Waals surface area (Å²) in [5, 5.41) is 21.1. The van der Waals surface area contributed by atoms with Crippen molar-refractivity contribution in [3.05, 3.63) is 12.7 Å². The molecule has 2 saturated carbocycles. The average Bonchev–Trinajstić information content (AvgIpc) is 3.40. The topological polar surface area (TPSA) is 95.9 Å². The number of ether oxygens (including phenoxy) is 1. The summed E-state index contributed by atoms with van der Waals surface area (Å²) in [6.07, 6.45) is 13.4. The molecule has 6 rings (SSSR count). The summed E-state index contributed by atoms with van der Waals surface area (Å²) in [4.78, 5) is 19.4. The highest BCUT2D eigenvalue weighted by Crippen LogP contribution is 2.56. The molecule has 9 atom stereocenters. The zero-order chi connectivity index (χ0) is 27.7. The zero-order valence-corrected chi connectivity index (χ0v) is 24.5. The lowest BCUT2D eigenvalue weighted by Gasteiger charge is -2.59. The first-order chi connectivity index (χ1) is 19.5. The van der Waals surface area contributed by atoms with Crippen LogP contribution in [0.4, 0.5) is 0 Å². The highest BCUT2D eigenvalue weighted by Gasteiger charge is 2.54. The largest absolute Gasteiger partial charge is 0.348 e. The number of nitrogens with one attached hydrogen (secondary N) is 3. The molecule has 1 amide bonds. The Morgan fingerprint density at radius 3 is 2.83 bits per heavy atom. The minimum absolute atomic E-state index is 0.0635. The number of likely N-dealkylation sites (N-methyl/N-ethyl adjacent to an activating group) is 1. The van der Waals surface area contributed by atoms with Crippen molar-refractivity contribution in [1.82, 2.24) is 30.7 Å². The van der Waals surface area contributed by atoms with Crippen LogP contribution in [0.3, 0.4) is 0 Å². The molecule has 4 heterocycles. The number of piperidine rings is 1. The lowest BCUT2D eigenvalue weighted by Crippen LogP contribution is -2.73. The quantitative estimate of drug-likeness (QED) is 0.431. The van der Waals surface area contributed by atoms with Crippen LogP contribution in [-0.4, -0.2) is 104 Å². The van der Waals surface area contributed by atoms with Crippen LogP contribution in [0.2, 0.25) is 0 Å². The van der Waals surface area contributed by atoms with Crippen LogP contribution in [0.1, 0.15) is 64.2 Å². The molecule has 1 spiro atoms. The number of nitriles is 1. The summed E-state index contributed by atoms with van der Waals surface area (Å²) < 4.78 is 6.61. The zero-order valence-electron chi connectivity index (χ0n) is 24.5. The van der Waals surface area contributed by atoms with E-state index < -0.39 is 0 Å². The maximum Gasteiger partial charge on any atom is 0.246 e. The van der Waals surface area contributed by atoms with Gasteiger partial charge in [0.1, 0.15) is 0 Å². The molecule has 0 radical (unpaired) electrons. The Morgan fingerprint density at radius 2 is 2.02 bits per heavy atom. The van der Waals surface area contributed by atoms with Crippen molar-refractivity contribution < 1.29 is 9.53 Å². The van der Waals surface area contributed by atoms with Gasteiger partial charge >= 0.3 is 0 Å². The van der Waals surface area contributed by atoms with E-state index in [2.05, 4.69) is 45.4 Å². The van der Waals surface area contributed by atoms with Gasteiger partial charge in [0.2, 0.25) is 5.91 Å². The fourth-order valence-corrected chi connectivity index (χ4v) is 9.62. The third-order valence-electron chi connectivity index (χ3n) is 11.7. The lowest BCUT2D eigenvalue weighted by atomic mass is 9.52. The lowest BCUT2D eigenvalue weighted by molar-refractivity contribution is -0.140. The van der Waals surface area contributed by atoms with Crippen LogP contribution in [-0.2, 0) is 9.53 Å². The normalized spacial score (nSPS) is 42.6. The van der Waals surface area contributed by atoms with Crippen molar-refractivity contribution in [2.75, 3.05) is 52.9 Å². The van der Waals surface area contributed by atoms with Gasteiger partial charge in [-0.15, -0.1) is 0 Å². The molecule has 6 aliphatic rings. The molecule has 0 aromatic carbocycles. The fraction of sp³-hybridized carbons (Fsp3) is 0.871. The number of carbonyl (C=O) groups excluding carboxylic acids is 1. The van der Waals surface area contributed by atoms with E-state index in [0.29, 0.717) is 42.9 Å². The van der Waals surface area contributed by atoms with Crippen LogP contribution in [0.5, 0.6) is 0 Å². The summed E-state index contributed by atoms with van der Waals surface area (Å²) in [7, 11) is 2.21. The molecule has 4 aliphatic heterocycles. The molecule has 9 nitrogen and oxygen atoms in total. The second-order valence-electron chi connectivity index (χ2n) is 13.6. The summed E-state index contributed by atoms with van der Waals surface area (Å²) in [6.45, 7) is 10.1. The van der Waals surface area contributed by atoms with E-state index in [4.69, 9.17) is 4.74 Å². The molecule has 0 aromatic rings. The Morgan fingerprint density at radius 1 is 1.12 bits per heavy atom. The predicted octanol–water partition coefficient (Wildman–Crippen LogP) is 2.08. The minimum Gasteiger partial charge on any atom is -0.348 e. The second-order valence-corrected chi connectivity index (χ2v) is 13.6. The van der Waals surface area contributed by atoms with Gasteiger partial charge in [-0.2, -0.15) is 5.26 Å². The van der Waals surface area contributed by atoms with Crippen LogP contribution >= 0.6 is 0 Å². The number of hydrogen-bond acceptors (Lipinski definition) is 8. The first-order valence-electron chi connectivity index (χ1n) is 16.1. The number of amides is 1. The Labute approximate surface area is 241 Å². The van der Waals surface area contributed by atoms with E-state index in [9.17, 15) is 10.1 Å². The standard InChI is InChI=1S/C31H51N7O2/c1-3-28(39)38-17-16-37(20-23(38)9-13-32)29-25-8-12-31(11-4-6-22-19-33-14-10-26(22)31)18-27(25)34-30(35-29)40-21-24-7-5-15-36(24)2/h3,22-27,29-30,33-35H,1,4-12,14-21H2,2H3/t22?,23-,24-,25?,26?,27?,29?,30?,31-/m0/s1. The van der Waals surface area contributed by atoms with E-state index in [1.807, 2.05) is 4.90 Å². The van der Waals surface area contributed by atoms with Gasteiger partial charge in [-0.1, -0.05) is 13.0 Å². The predicted molar refractivity (Wildman–Crippen MR) is 155 cm³/mol. The molecule has 9 heteroatoms. The number of rotatable bonds is 6. The Bertz CT molecular complexity index is 954. The molecule has 6 fully saturated rings. The van der Waals surface area contributed by atoms with Gasteiger partial charge in [0.15, 0.2) is 6.35 Å². The van der Waals surface area contributed by atoms with Gasteiger partial charge in [-0.3, -0.25) is 20.3 Å². The van der Waals surface area contributed by atoms with Crippen molar-refractivity contribution in [3.8, 4) is 6.07 Å². The third-order valence-corrected chi connectivity index (χ3v) is 11.7. The first-order valence-corrected chi connectivity index (χ1v) is 16.1. The fourth-order valence-electron chi connectivity index (χ4n) is 9.62. The van der Waals surface area contributed by atoms with Crippen LogP contribution in [0.25, 0.3) is 0 Å². The van der Waals surface area contributed by atoms with Gasteiger partial charge in [-0.25, -0.2) is 0 Å². The van der Waals surface area contributed by atoms with Gasteiger partial charge in [-0.05, 0) is 101 Å². The smallest absolute Gasteiger partial charge is 0.246 e. The summed E-state index contributed by atoms with van der Waals surface area (Å²) in [5.41, 5.74) is 0.454. The van der Waals surface area contributed by atoms with Gasteiger partial charge in [0, 0.05) is 37.6 Å². The number of piperazine rings is 1. The van der Waals surface area contributed by atoms with Crippen molar-refractivity contribution in [1.29, 1.82) is 5.26 Å². The van der Waals surface area contributed by atoms with E-state index in [-0.39, 0.29) is 24.5 Å². The van der Waals surface area contributed by atoms with E-state index in [1.165, 1.54) is 77.0 Å². The molecular formula is C31H51N7O2. The number of nitrogens with zero attached hydrogens (tertiary/aromatic N) is 4. The highest BCUT2D eigenvalue weighted by atomic mass is 16.5. The van der Waals surface area contributed by atoms with E-state index in [1.54, 1.807) is 0 Å². The van der Waals surface area contributed by atoms with Crippen molar-refractivity contribution in [2.24, 2.45) is 23.2 Å². The minimum atomic E-state index is -0.176. The molecule has 0 aromatic heterocycles. The number of fused-ring (bicyclic) bond motifs is 3. The molecular weight excluding hydrogens is 502 g/mol. The van der Waals surface area contributed by atoms with Crippen molar-refractivity contribution >= 4 is 5.91 Å². The molecule has 6 unspecified atom stereocenters. The van der Waals surface area contributed by atoms with Crippen molar-refractivity contribution in [3.63, 3.8) is 0 Å². The number of likely N-dealkylation sites (tertiary alicyclic amines) is 1. The Balaban J connectivity index is 1.21. The number of carbonyl (C=O) groups is 1. The van der Waals surface area contributed by atoms with E-state index in [0.717, 1.165) is 31.5 Å². The van der Waals surface area contributed by atoms with Crippen molar-refractivity contribution in [2.45, 2.75) is 94.9 Å². The van der Waals surface area contributed by atoms with Gasteiger partial charge in [0.25, 0.3) is 0 Å². The maximum absolute atomic E-state index is 12.6. The van der Waals surface area contributed by atoms with E-state index >= 15 is 0 Å². The molecule has 3 N–H and O–H groups in total. The molecule has 4 saturated heterocycles. The van der Waals surface area contributed by atoms with Gasteiger partial charge in [0.05, 0.1) is 31.3 Å². The Kier molecular flexibility index (Phi) is 8.83. The first kappa shape index (κ1) is 28.6. The molecule has 0 bridgehead atoms. The second kappa shape index (κ2) is 12.4. The molecule has 40 heavy (non-hydrogen) atoms. The average molecular weight is 554 g/mol. The van der Waals surface area contributed by atoms with Crippen LogP contribution in [0.15, 0.2) is 12.7 Å². The Hall–Kier alpha value is -1.54.